The Balaban J connectivity index is 2.47. The minimum absolute atomic E-state index is 0.0280. The van der Waals surface area contributed by atoms with Crippen LogP contribution in [-0.2, 0) is 17.1 Å². The van der Waals surface area contributed by atoms with Crippen LogP contribution in [0.3, 0.4) is 0 Å². The van der Waals surface area contributed by atoms with Gasteiger partial charge in [-0.25, -0.2) is 8.42 Å². The van der Waals surface area contributed by atoms with Crippen LogP contribution < -0.4 is 15.2 Å². The van der Waals surface area contributed by atoms with Gasteiger partial charge in [0, 0.05) is 17.6 Å². The lowest BCUT2D eigenvalue weighted by atomic mass is 10.3. The highest BCUT2D eigenvalue weighted by Gasteiger charge is 2.25. The second-order valence-corrected chi connectivity index (χ2v) is 6.85. The van der Waals surface area contributed by atoms with E-state index in [2.05, 4.69) is 25.8 Å². The van der Waals surface area contributed by atoms with E-state index in [1.165, 1.54) is 11.8 Å². The van der Waals surface area contributed by atoms with Gasteiger partial charge in [-0.2, -0.15) is 5.10 Å². The molecule has 0 aliphatic rings. The lowest BCUT2D eigenvalue weighted by molar-refractivity contribution is 0.415. The number of nitrogens with zero attached hydrogens (tertiary/aromatic N) is 2. The molecule has 1 aromatic heterocycles. The van der Waals surface area contributed by atoms with E-state index in [1.54, 1.807) is 32.2 Å². The van der Waals surface area contributed by atoms with E-state index < -0.39 is 10.0 Å². The number of nitrogen functional groups attached to an aromatic ring is 1. The molecule has 0 amide bonds. The second kappa shape index (κ2) is 5.57. The lowest BCUT2D eigenvalue weighted by Gasteiger charge is -2.11. The molecule has 2 aromatic rings. The quantitative estimate of drug-likeness (QED) is 0.850. The Kier molecular flexibility index (Phi) is 4.15. The SMILES string of the molecule is COc1ccc(Br)c(NS(=O)(=O)c2c(N)nn(C)c2C)c1. The standard InChI is InChI=1S/C12H15BrN4O3S/c1-7-11(12(14)15-17(7)2)21(18,19)16-10-6-8(20-3)4-5-9(10)13/h4-6,16H,1-3H3,(H2,14,15). The summed E-state index contributed by atoms with van der Waals surface area (Å²) in [6.07, 6.45) is 0. The predicted octanol–water partition coefficient (Wildman–Crippen LogP) is 1.88. The fourth-order valence-corrected chi connectivity index (χ4v) is 3.73. The van der Waals surface area contributed by atoms with Crippen molar-refractivity contribution in [3.05, 3.63) is 28.4 Å². The maximum Gasteiger partial charge on any atom is 0.267 e. The van der Waals surface area contributed by atoms with Crippen molar-refractivity contribution in [2.24, 2.45) is 7.05 Å². The minimum atomic E-state index is -3.85. The summed E-state index contributed by atoms with van der Waals surface area (Å²) < 4.78 is 34.6. The molecule has 21 heavy (non-hydrogen) atoms. The molecule has 114 valence electrons. The molecular weight excluding hydrogens is 360 g/mol. The molecule has 0 saturated carbocycles. The maximum atomic E-state index is 12.5. The van der Waals surface area contributed by atoms with Crippen LogP contribution in [0.2, 0.25) is 0 Å². The first-order valence-electron chi connectivity index (χ1n) is 5.91. The highest BCUT2D eigenvalue weighted by molar-refractivity contribution is 9.10. The van der Waals surface area contributed by atoms with Gasteiger partial charge in [-0.1, -0.05) is 0 Å². The van der Waals surface area contributed by atoms with Gasteiger partial charge in [0.2, 0.25) is 0 Å². The summed E-state index contributed by atoms with van der Waals surface area (Å²) >= 11 is 3.29. The maximum absolute atomic E-state index is 12.5. The Labute approximate surface area is 131 Å². The third kappa shape index (κ3) is 2.98. The van der Waals surface area contributed by atoms with E-state index >= 15 is 0 Å². The number of hydrogen-bond acceptors (Lipinski definition) is 5. The first kappa shape index (κ1) is 15.6. The number of rotatable bonds is 4. The summed E-state index contributed by atoms with van der Waals surface area (Å²) in [5, 5.41) is 3.91. The van der Waals surface area contributed by atoms with Gasteiger partial charge in [0.1, 0.15) is 5.75 Å². The number of ether oxygens (including phenoxy) is 1. The molecule has 7 nitrogen and oxygen atoms in total. The Morgan fingerprint density at radius 2 is 2.10 bits per heavy atom. The van der Waals surface area contributed by atoms with Gasteiger partial charge in [0.15, 0.2) is 10.7 Å². The van der Waals surface area contributed by atoms with E-state index in [1.807, 2.05) is 0 Å². The largest absolute Gasteiger partial charge is 0.497 e. The lowest BCUT2D eigenvalue weighted by Crippen LogP contribution is -2.15. The van der Waals surface area contributed by atoms with Gasteiger partial charge in [-0.15, -0.1) is 0 Å². The molecular formula is C12H15BrN4O3S. The first-order chi connectivity index (χ1) is 9.76. The van der Waals surface area contributed by atoms with Gasteiger partial charge < -0.3 is 10.5 Å². The number of anilines is 2. The molecule has 0 aliphatic heterocycles. The van der Waals surface area contributed by atoms with Crippen molar-refractivity contribution in [3.8, 4) is 5.75 Å². The molecule has 1 aromatic carbocycles. The molecule has 0 atom stereocenters. The molecule has 0 spiro atoms. The van der Waals surface area contributed by atoms with Crippen LogP contribution in [0, 0.1) is 6.92 Å². The van der Waals surface area contributed by atoms with Crippen LogP contribution in [0.5, 0.6) is 5.75 Å². The molecule has 1 heterocycles. The van der Waals surface area contributed by atoms with Crippen molar-refractivity contribution >= 4 is 37.5 Å². The molecule has 9 heteroatoms. The number of hydrogen-bond donors (Lipinski definition) is 2. The zero-order valence-corrected chi connectivity index (χ0v) is 14.1. The van der Waals surface area contributed by atoms with Gasteiger partial charge in [0.05, 0.1) is 18.5 Å². The number of methoxy groups -OCH3 is 1. The van der Waals surface area contributed by atoms with E-state index in [0.717, 1.165) is 0 Å². The third-order valence-corrected chi connectivity index (χ3v) is 5.21. The van der Waals surface area contributed by atoms with Crippen LogP contribution in [0.1, 0.15) is 5.69 Å². The van der Waals surface area contributed by atoms with Crippen molar-refractivity contribution in [1.29, 1.82) is 0 Å². The molecule has 0 unspecified atom stereocenters. The number of nitrogens with two attached hydrogens (primary N) is 1. The topological polar surface area (TPSA) is 99.2 Å². The van der Waals surface area contributed by atoms with E-state index in [0.29, 0.717) is 21.6 Å². The van der Waals surface area contributed by atoms with Gasteiger partial charge in [0.25, 0.3) is 10.0 Å². The van der Waals surface area contributed by atoms with Crippen molar-refractivity contribution in [1.82, 2.24) is 9.78 Å². The van der Waals surface area contributed by atoms with E-state index in [4.69, 9.17) is 10.5 Å². The smallest absolute Gasteiger partial charge is 0.267 e. The molecule has 0 saturated heterocycles. The Morgan fingerprint density at radius 1 is 1.43 bits per heavy atom. The number of benzene rings is 1. The molecule has 0 bridgehead atoms. The van der Waals surface area contributed by atoms with Crippen LogP contribution in [0.25, 0.3) is 0 Å². The monoisotopic (exact) mass is 374 g/mol. The normalized spacial score (nSPS) is 11.4. The highest BCUT2D eigenvalue weighted by Crippen LogP contribution is 2.31. The minimum Gasteiger partial charge on any atom is -0.497 e. The summed E-state index contributed by atoms with van der Waals surface area (Å²) in [7, 11) is -0.709. The second-order valence-electron chi connectivity index (χ2n) is 4.37. The van der Waals surface area contributed by atoms with Crippen LogP contribution >= 0.6 is 15.9 Å². The summed E-state index contributed by atoms with van der Waals surface area (Å²) in [5.74, 6) is 0.494. The highest BCUT2D eigenvalue weighted by atomic mass is 79.9. The molecule has 3 N–H and O–H groups in total. The van der Waals surface area contributed by atoms with Crippen LogP contribution in [0.4, 0.5) is 11.5 Å². The number of nitrogens with one attached hydrogen (secondary N) is 1. The van der Waals surface area contributed by atoms with E-state index in [-0.39, 0.29) is 10.7 Å². The van der Waals surface area contributed by atoms with Crippen LogP contribution in [-0.4, -0.2) is 25.3 Å². The first-order valence-corrected chi connectivity index (χ1v) is 8.19. The summed E-state index contributed by atoms with van der Waals surface area (Å²) in [4.78, 5) is -0.0280. The fourth-order valence-electron chi connectivity index (χ4n) is 1.85. The average Bonchev–Trinajstić information content (AvgIpc) is 2.66. The molecule has 0 radical (unpaired) electrons. The Hall–Kier alpha value is -1.74. The Morgan fingerprint density at radius 3 is 2.62 bits per heavy atom. The molecule has 0 aliphatic carbocycles. The third-order valence-electron chi connectivity index (χ3n) is 2.99. The number of halogens is 1. The number of aromatic nitrogens is 2. The average molecular weight is 375 g/mol. The van der Waals surface area contributed by atoms with Crippen molar-refractivity contribution in [2.45, 2.75) is 11.8 Å². The van der Waals surface area contributed by atoms with Gasteiger partial charge in [-0.3, -0.25) is 9.40 Å². The van der Waals surface area contributed by atoms with Crippen LogP contribution in [0.15, 0.2) is 27.6 Å². The zero-order valence-electron chi connectivity index (χ0n) is 11.7. The van der Waals surface area contributed by atoms with E-state index in [9.17, 15) is 8.42 Å². The van der Waals surface area contributed by atoms with Crippen molar-refractivity contribution in [3.63, 3.8) is 0 Å². The fraction of sp³-hybridized carbons (Fsp3) is 0.250. The van der Waals surface area contributed by atoms with Gasteiger partial charge in [-0.05, 0) is 35.0 Å². The summed E-state index contributed by atoms with van der Waals surface area (Å²) in [5.41, 5.74) is 6.50. The molecule has 2 rings (SSSR count). The number of aryl methyl sites for hydroxylation is 1. The summed E-state index contributed by atoms with van der Waals surface area (Å²) in [6, 6.07) is 4.98. The predicted molar refractivity (Wildman–Crippen MR) is 83.9 cm³/mol. The summed E-state index contributed by atoms with van der Waals surface area (Å²) in [6.45, 7) is 1.64. The van der Waals surface area contributed by atoms with Crippen molar-refractivity contribution in [2.75, 3.05) is 17.6 Å². The number of sulfonamides is 1. The zero-order chi connectivity index (χ0) is 15.8. The molecule has 0 fully saturated rings. The Bertz CT molecular complexity index is 786. The van der Waals surface area contributed by atoms with Gasteiger partial charge >= 0.3 is 0 Å². The van der Waals surface area contributed by atoms with Crippen molar-refractivity contribution < 1.29 is 13.2 Å².